The largest absolute Gasteiger partial charge is 0.398 e. The van der Waals surface area contributed by atoms with Crippen molar-refractivity contribution < 1.29 is 4.79 Å². The van der Waals surface area contributed by atoms with Gasteiger partial charge in [-0.3, -0.25) is 4.79 Å². The van der Waals surface area contributed by atoms with E-state index in [9.17, 15) is 4.79 Å². The SMILES string of the molecule is Cc1cc(C(=O)c2ccccc2)cc(C)c1N. The zero-order valence-corrected chi connectivity index (χ0v) is 10.0. The smallest absolute Gasteiger partial charge is 0.193 e. The van der Waals surface area contributed by atoms with Gasteiger partial charge >= 0.3 is 0 Å². The van der Waals surface area contributed by atoms with Gasteiger partial charge in [-0.25, -0.2) is 0 Å². The third-order valence-corrected chi connectivity index (χ3v) is 2.89. The summed E-state index contributed by atoms with van der Waals surface area (Å²) in [7, 11) is 0. The second-order valence-corrected chi connectivity index (χ2v) is 4.22. The van der Waals surface area contributed by atoms with Crippen molar-refractivity contribution in [3.63, 3.8) is 0 Å². The molecule has 0 amide bonds. The number of benzene rings is 2. The molecule has 0 aliphatic carbocycles. The Morgan fingerprint density at radius 1 is 0.941 bits per heavy atom. The van der Waals surface area contributed by atoms with E-state index in [0.717, 1.165) is 16.8 Å². The van der Waals surface area contributed by atoms with Crippen LogP contribution in [0.3, 0.4) is 0 Å². The number of aryl methyl sites for hydroxylation is 2. The molecule has 2 aromatic carbocycles. The van der Waals surface area contributed by atoms with Crippen LogP contribution in [0.25, 0.3) is 0 Å². The molecule has 86 valence electrons. The van der Waals surface area contributed by atoms with Crippen molar-refractivity contribution in [3.05, 3.63) is 64.7 Å². The molecule has 17 heavy (non-hydrogen) atoms. The highest BCUT2D eigenvalue weighted by Gasteiger charge is 2.10. The van der Waals surface area contributed by atoms with Crippen molar-refractivity contribution in [3.8, 4) is 0 Å². The molecule has 0 aliphatic heterocycles. The molecule has 0 heterocycles. The highest BCUT2D eigenvalue weighted by atomic mass is 16.1. The zero-order chi connectivity index (χ0) is 12.4. The Morgan fingerprint density at radius 2 is 1.47 bits per heavy atom. The number of nitrogen functional groups attached to an aromatic ring is 1. The number of carbonyl (C=O) groups excluding carboxylic acids is 1. The lowest BCUT2D eigenvalue weighted by atomic mass is 9.98. The summed E-state index contributed by atoms with van der Waals surface area (Å²) in [5.41, 5.74) is 9.93. The molecule has 2 N–H and O–H groups in total. The molecule has 0 saturated heterocycles. The Morgan fingerprint density at radius 3 is 2.00 bits per heavy atom. The van der Waals surface area contributed by atoms with E-state index in [1.54, 1.807) is 0 Å². The summed E-state index contributed by atoms with van der Waals surface area (Å²) in [5, 5.41) is 0. The Hall–Kier alpha value is -2.09. The molecule has 0 aliphatic rings. The minimum atomic E-state index is 0.0387. The van der Waals surface area contributed by atoms with Gasteiger partial charge in [-0.05, 0) is 37.1 Å². The Balaban J connectivity index is 2.45. The lowest BCUT2D eigenvalue weighted by Gasteiger charge is -2.08. The first kappa shape index (κ1) is 11.4. The van der Waals surface area contributed by atoms with Crippen LogP contribution in [0, 0.1) is 13.8 Å². The van der Waals surface area contributed by atoms with Crippen molar-refractivity contribution in [1.82, 2.24) is 0 Å². The molecule has 0 spiro atoms. The number of nitrogens with two attached hydrogens (primary N) is 1. The van der Waals surface area contributed by atoms with Crippen LogP contribution in [0.1, 0.15) is 27.0 Å². The predicted molar refractivity (Wildman–Crippen MR) is 70.2 cm³/mol. The van der Waals surface area contributed by atoms with Gasteiger partial charge in [0.25, 0.3) is 0 Å². The molecule has 0 unspecified atom stereocenters. The van der Waals surface area contributed by atoms with Crippen LogP contribution in [0.5, 0.6) is 0 Å². The number of ketones is 1. The van der Waals surface area contributed by atoms with Crippen LogP contribution >= 0.6 is 0 Å². The average Bonchev–Trinajstić information content (AvgIpc) is 2.35. The van der Waals surface area contributed by atoms with E-state index in [0.29, 0.717) is 11.1 Å². The maximum atomic E-state index is 12.2. The third-order valence-electron chi connectivity index (χ3n) is 2.89. The summed E-state index contributed by atoms with van der Waals surface area (Å²) in [5.74, 6) is 0.0387. The first-order valence-corrected chi connectivity index (χ1v) is 5.56. The first-order chi connectivity index (χ1) is 8.09. The van der Waals surface area contributed by atoms with Crippen LogP contribution in [0.2, 0.25) is 0 Å². The predicted octanol–water partition coefficient (Wildman–Crippen LogP) is 3.12. The molecule has 2 nitrogen and oxygen atoms in total. The molecule has 0 fully saturated rings. The van der Waals surface area contributed by atoms with Crippen LogP contribution < -0.4 is 5.73 Å². The third kappa shape index (κ3) is 2.21. The number of carbonyl (C=O) groups is 1. The highest BCUT2D eigenvalue weighted by Crippen LogP contribution is 2.20. The molecule has 2 heteroatoms. The fourth-order valence-electron chi connectivity index (χ4n) is 1.86. The molecule has 0 atom stereocenters. The van der Waals surface area contributed by atoms with Gasteiger partial charge in [-0.2, -0.15) is 0 Å². The van der Waals surface area contributed by atoms with Crippen molar-refractivity contribution in [2.24, 2.45) is 0 Å². The minimum Gasteiger partial charge on any atom is -0.398 e. The summed E-state index contributed by atoms with van der Waals surface area (Å²) in [4.78, 5) is 12.2. The van der Waals surface area contributed by atoms with Crippen molar-refractivity contribution in [1.29, 1.82) is 0 Å². The van der Waals surface area contributed by atoms with E-state index in [1.165, 1.54) is 0 Å². The topological polar surface area (TPSA) is 43.1 Å². The quantitative estimate of drug-likeness (QED) is 0.630. The second kappa shape index (κ2) is 4.42. The van der Waals surface area contributed by atoms with Gasteiger partial charge in [0.1, 0.15) is 0 Å². The average molecular weight is 225 g/mol. The Labute approximate surface area is 101 Å². The number of hydrogen-bond donors (Lipinski definition) is 1. The van der Waals surface area contributed by atoms with Crippen LogP contribution in [0.4, 0.5) is 5.69 Å². The van der Waals surface area contributed by atoms with E-state index in [1.807, 2.05) is 56.3 Å². The normalized spacial score (nSPS) is 10.2. The summed E-state index contributed by atoms with van der Waals surface area (Å²) in [6, 6.07) is 13.0. The van der Waals surface area contributed by atoms with Gasteiger partial charge in [0, 0.05) is 16.8 Å². The van der Waals surface area contributed by atoms with Gasteiger partial charge in [0.2, 0.25) is 0 Å². The van der Waals surface area contributed by atoms with E-state index in [4.69, 9.17) is 5.73 Å². The molecule has 2 aromatic rings. The Bertz CT molecular complexity index is 535. The van der Waals surface area contributed by atoms with E-state index >= 15 is 0 Å². The van der Waals surface area contributed by atoms with Gasteiger partial charge in [0.15, 0.2) is 5.78 Å². The van der Waals surface area contributed by atoms with Crippen LogP contribution in [0.15, 0.2) is 42.5 Å². The molecule has 0 bridgehead atoms. The summed E-state index contributed by atoms with van der Waals surface area (Å²) < 4.78 is 0. The van der Waals surface area contributed by atoms with Crippen LogP contribution in [-0.4, -0.2) is 5.78 Å². The summed E-state index contributed by atoms with van der Waals surface area (Å²) in [6.07, 6.45) is 0. The fraction of sp³-hybridized carbons (Fsp3) is 0.133. The van der Waals surface area contributed by atoms with E-state index < -0.39 is 0 Å². The molecule has 0 radical (unpaired) electrons. The van der Waals surface area contributed by atoms with Crippen LogP contribution in [-0.2, 0) is 0 Å². The molecular weight excluding hydrogens is 210 g/mol. The van der Waals surface area contributed by atoms with E-state index in [2.05, 4.69) is 0 Å². The summed E-state index contributed by atoms with van der Waals surface area (Å²) >= 11 is 0. The van der Waals surface area contributed by atoms with Gasteiger partial charge in [0.05, 0.1) is 0 Å². The molecule has 2 rings (SSSR count). The first-order valence-electron chi connectivity index (χ1n) is 5.56. The molecule has 0 saturated carbocycles. The maximum absolute atomic E-state index is 12.2. The van der Waals surface area contributed by atoms with Crippen molar-refractivity contribution in [2.45, 2.75) is 13.8 Å². The maximum Gasteiger partial charge on any atom is 0.193 e. The lowest BCUT2D eigenvalue weighted by molar-refractivity contribution is 0.103. The number of rotatable bonds is 2. The van der Waals surface area contributed by atoms with E-state index in [-0.39, 0.29) is 5.78 Å². The van der Waals surface area contributed by atoms with Gasteiger partial charge in [-0.15, -0.1) is 0 Å². The number of anilines is 1. The van der Waals surface area contributed by atoms with Crippen molar-refractivity contribution in [2.75, 3.05) is 5.73 Å². The fourth-order valence-corrected chi connectivity index (χ4v) is 1.86. The minimum absolute atomic E-state index is 0.0387. The number of hydrogen-bond acceptors (Lipinski definition) is 2. The lowest BCUT2D eigenvalue weighted by Crippen LogP contribution is -2.04. The van der Waals surface area contributed by atoms with Gasteiger partial charge in [-0.1, -0.05) is 30.3 Å². The molecular formula is C15H15NO. The molecule has 0 aromatic heterocycles. The monoisotopic (exact) mass is 225 g/mol. The van der Waals surface area contributed by atoms with Gasteiger partial charge < -0.3 is 5.73 Å². The summed E-state index contributed by atoms with van der Waals surface area (Å²) in [6.45, 7) is 3.84. The highest BCUT2D eigenvalue weighted by molar-refractivity contribution is 6.09. The Kier molecular flexibility index (Phi) is 2.96. The second-order valence-electron chi connectivity index (χ2n) is 4.22. The zero-order valence-electron chi connectivity index (χ0n) is 10.0. The standard InChI is InChI=1S/C15H15NO/c1-10-8-13(9-11(2)14(10)16)15(17)12-6-4-3-5-7-12/h3-9H,16H2,1-2H3. The van der Waals surface area contributed by atoms with Crippen molar-refractivity contribution >= 4 is 11.5 Å².